The van der Waals surface area contributed by atoms with Crippen molar-refractivity contribution in [2.75, 3.05) is 0 Å². The largest absolute Gasteiger partial charge is 0.448 e. The molecule has 0 radical (unpaired) electrons. The number of rotatable bonds is 5. The molecule has 2 aliphatic heterocycles. The number of ketones is 1. The monoisotopic (exact) mass is 480 g/mol. The SMILES string of the molecule is CC(=O)N1N=C(C2C(c3ccccc3)C(C(=O)c3ccccc3)=NN2C(C)=O)OC1c1ccccc1. The highest BCUT2D eigenvalue weighted by Crippen LogP contribution is 2.38. The summed E-state index contributed by atoms with van der Waals surface area (Å²) in [6.45, 7) is 2.78. The first kappa shape index (κ1) is 23.2. The van der Waals surface area contributed by atoms with Crippen LogP contribution in [-0.2, 0) is 14.3 Å². The van der Waals surface area contributed by atoms with Crippen molar-refractivity contribution in [3.63, 3.8) is 0 Å². The summed E-state index contributed by atoms with van der Waals surface area (Å²) >= 11 is 0. The third-order valence-electron chi connectivity index (χ3n) is 6.16. The fourth-order valence-electron chi connectivity index (χ4n) is 4.51. The van der Waals surface area contributed by atoms with Crippen LogP contribution in [0.2, 0.25) is 0 Å². The standard InChI is InChI=1S/C28H24N4O4/c1-18(33)31-25(27-30-32(19(2)34)28(36-27)22-16-10-5-11-17-22)23(20-12-6-3-7-13-20)24(29-31)26(35)21-14-8-4-9-15-21/h3-17,23,25,28H,1-2H3. The Morgan fingerprint density at radius 2 is 1.22 bits per heavy atom. The molecule has 2 aliphatic rings. The van der Waals surface area contributed by atoms with Gasteiger partial charge in [0.05, 0.1) is 5.92 Å². The minimum absolute atomic E-state index is 0.141. The molecule has 2 heterocycles. The van der Waals surface area contributed by atoms with Gasteiger partial charge in [0.2, 0.25) is 29.7 Å². The van der Waals surface area contributed by atoms with Crippen LogP contribution in [0, 0.1) is 0 Å². The second-order valence-corrected chi connectivity index (χ2v) is 8.56. The fourth-order valence-corrected chi connectivity index (χ4v) is 4.51. The number of hydrogen-bond acceptors (Lipinski definition) is 6. The molecule has 3 unspecified atom stereocenters. The normalized spacial score (nSPS) is 21.0. The molecule has 0 N–H and O–H groups in total. The van der Waals surface area contributed by atoms with Gasteiger partial charge in [-0.25, -0.2) is 5.01 Å². The van der Waals surface area contributed by atoms with Gasteiger partial charge < -0.3 is 4.74 Å². The number of benzene rings is 3. The van der Waals surface area contributed by atoms with Crippen LogP contribution in [0.1, 0.15) is 47.5 Å². The van der Waals surface area contributed by atoms with Gasteiger partial charge >= 0.3 is 0 Å². The molecule has 0 aromatic heterocycles. The number of hydrogen-bond donors (Lipinski definition) is 0. The van der Waals surface area contributed by atoms with Crippen molar-refractivity contribution >= 4 is 29.2 Å². The Labute approximate surface area is 208 Å². The van der Waals surface area contributed by atoms with Gasteiger partial charge in [0, 0.05) is 25.0 Å². The number of carbonyl (C=O) groups is 3. The van der Waals surface area contributed by atoms with Crippen molar-refractivity contribution in [2.45, 2.75) is 32.0 Å². The van der Waals surface area contributed by atoms with E-state index >= 15 is 0 Å². The summed E-state index contributed by atoms with van der Waals surface area (Å²) in [7, 11) is 0. The van der Waals surface area contributed by atoms with Gasteiger partial charge in [-0.3, -0.25) is 14.4 Å². The molecule has 0 aliphatic carbocycles. The summed E-state index contributed by atoms with van der Waals surface area (Å²) in [5, 5.41) is 11.5. The fraction of sp³-hybridized carbons (Fsp3) is 0.179. The molecule has 0 spiro atoms. The number of Topliss-reactive ketones (excluding diaryl/α,β-unsaturated/α-hetero) is 1. The van der Waals surface area contributed by atoms with E-state index in [-0.39, 0.29) is 29.2 Å². The van der Waals surface area contributed by atoms with Gasteiger partial charge in [-0.15, -0.1) is 5.10 Å². The second kappa shape index (κ2) is 9.58. The molecular weight excluding hydrogens is 456 g/mol. The van der Waals surface area contributed by atoms with Crippen molar-refractivity contribution in [3.8, 4) is 0 Å². The summed E-state index contributed by atoms with van der Waals surface area (Å²) in [4.78, 5) is 38.9. The van der Waals surface area contributed by atoms with Crippen molar-refractivity contribution in [1.29, 1.82) is 0 Å². The smallest absolute Gasteiger partial charge is 0.243 e. The molecule has 0 bridgehead atoms. The lowest BCUT2D eigenvalue weighted by atomic mass is 9.84. The highest BCUT2D eigenvalue weighted by molar-refractivity contribution is 6.48. The number of hydrazone groups is 2. The van der Waals surface area contributed by atoms with Crippen molar-refractivity contribution in [3.05, 3.63) is 108 Å². The van der Waals surface area contributed by atoms with Crippen LogP contribution in [-0.4, -0.2) is 45.3 Å². The number of nitrogens with zero attached hydrogens (tertiary/aromatic N) is 4. The zero-order valence-corrected chi connectivity index (χ0v) is 19.8. The molecule has 3 aromatic carbocycles. The predicted molar refractivity (Wildman–Crippen MR) is 134 cm³/mol. The summed E-state index contributed by atoms with van der Waals surface area (Å²) in [5.74, 6) is -1.49. The van der Waals surface area contributed by atoms with E-state index in [4.69, 9.17) is 4.74 Å². The zero-order valence-electron chi connectivity index (χ0n) is 19.8. The van der Waals surface area contributed by atoms with E-state index < -0.39 is 18.2 Å². The van der Waals surface area contributed by atoms with Gasteiger partial charge in [0.25, 0.3) is 0 Å². The second-order valence-electron chi connectivity index (χ2n) is 8.56. The molecule has 0 saturated heterocycles. The maximum Gasteiger partial charge on any atom is 0.243 e. The minimum atomic E-state index is -0.844. The molecule has 0 fully saturated rings. The summed E-state index contributed by atoms with van der Waals surface area (Å²) < 4.78 is 6.25. The molecule has 0 saturated carbocycles. The Bertz CT molecular complexity index is 1360. The lowest BCUT2D eigenvalue weighted by Gasteiger charge is -2.26. The molecule has 3 aromatic rings. The Morgan fingerprint density at radius 1 is 0.694 bits per heavy atom. The lowest BCUT2D eigenvalue weighted by Crippen LogP contribution is -2.42. The van der Waals surface area contributed by atoms with Crippen LogP contribution in [0.25, 0.3) is 0 Å². The topological polar surface area (TPSA) is 91.6 Å². The van der Waals surface area contributed by atoms with Gasteiger partial charge in [0.1, 0.15) is 11.8 Å². The molecule has 5 rings (SSSR count). The molecule has 8 nitrogen and oxygen atoms in total. The average Bonchev–Trinajstić information content (AvgIpc) is 3.53. The van der Waals surface area contributed by atoms with Crippen molar-refractivity contribution in [2.24, 2.45) is 10.2 Å². The Kier molecular flexibility index (Phi) is 6.16. The van der Waals surface area contributed by atoms with Gasteiger partial charge in [-0.1, -0.05) is 91.0 Å². The number of amides is 2. The van der Waals surface area contributed by atoms with Crippen LogP contribution in [0.3, 0.4) is 0 Å². The maximum atomic E-state index is 13.6. The van der Waals surface area contributed by atoms with Gasteiger partial charge in [0.15, 0.2) is 0 Å². The van der Waals surface area contributed by atoms with E-state index in [1.807, 2.05) is 66.7 Å². The van der Waals surface area contributed by atoms with Crippen LogP contribution >= 0.6 is 0 Å². The highest BCUT2D eigenvalue weighted by Gasteiger charge is 2.50. The first-order chi connectivity index (χ1) is 17.5. The van der Waals surface area contributed by atoms with Crippen molar-refractivity contribution in [1.82, 2.24) is 10.0 Å². The molecular formula is C28H24N4O4. The molecule has 8 heteroatoms. The van der Waals surface area contributed by atoms with Crippen LogP contribution in [0.15, 0.2) is 101 Å². The maximum absolute atomic E-state index is 13.6. The highest BCUT2D eigenvalue weighted by atomic mass is 16.5. The summed E-state index contributed by atoms with van der Waals surface area (Å²) in [6.07, 6.45) is -0.794. The van der Waals surface area contributed by atoms with E-state index in [2.05, 4.69) is 10.2 Å². The first-order valence-electron chi connectivity index (χ1n) is 11.6. The number of carbonyl (C=O) groups excluding carboxylic acids is 3. The molecule has 180 valence electrons. The van der Waals surface area contributed by atoms with Crippen LogP contribution in [0.4, 0.5) is 0 Å². The average molecular weight is 481 g/mol. The zero-order chi connectivity index (χ0) is 25.2. The molecule has 3 atom stereocenters. The Hall–Kier alpha value is -4.59. The molecule has 2 amide bonds. The predicted octanol–water partition coefficient (Wildman–Crippen LogP) is 4.13. The summed E-state index contributed by atoms with van der Waals surface area (Å²) in [6, 6.07) is 26.6. The van der Waals surface area contributed by atoms with Gasteiger partial charge in [-0.05, 0) is 5.56 Å². The Morgan fingerprint density at radius 3 is 1.78 bits per heavy atom. The summed E-state index contributed by atoms with van der Waals surface area (Å²) in [5.41, 5.74) is 2.18. The number of ether oxygens (including phenoxy) is 1. The third-order valence-corrected chi connectivity index (χ3v) is 6.16. The van der Waals surface area contributed by atoms with Crippen molar-refractivity contribution < 1.29 is 19.1 Å². The third kappa shape index (κ3) is 4.17. The lowest BCUT2D eigenvalue weighted by molar-refractivity contribution is -0.135. The van der Waals surface area contributed by atoms with Crippen LogP contribution < -0.4 is 0 Å². The van der Waals surface area contributed by atoms with E-state index in [0.29, 0.717) is 5.56 Å². The van der Waals surface area contributed by atoms with E-state index in [1.165, 1.54) is 23.9 Å². The molecule has 36 heavy (non-hydrogen) atoms. The van der Waals surface area contributed by atoms with Gasteiger partial charge in [-0.2, -0.15) is 10.1 Å². The first-order valence-corrected chi connectivity index (χ1v) is 11.6. The van der Waals surface area contributed by atoms with E-state index in [9.17, 15) is 14.4 Å². The van der Waals surface area contributed by atoms with E-state index in [1.54, 1.807) is 24.3 Å². The van der Waals surface area contributed by atoms with E-state index in [0.717, 1.165) is 11.1 Å². The Balaban J connectivity index is 1.61. The van der Waals surface area contributed by atoms with Crippen LogP contribution in [0.5, 0.6) is 0 Å². The minimum Gasteiger partial charge on any atom is -0.448 e. The quantitative estimate of drug-likeness (QED) is 0.514.